The molecular formula is C27H32Cl2N4. The number of fused-ring (bicyclic) bond motifs is 3. The van der Waals surface area contributed by atoms with E-state index in [0.29, 0.717) is 0 Å². The number of pyridine rings is 1. The van der Waals surface area contributed by atoms with Crippen molar-refractivity contribution in [3.8, 4) is 0 Å². The summed E-state index contributed by atoms with van der Waals surface area (Å²) in [7, 11) is 4.46. The molecule has 0 amide bonds. The van der Waals surface area contributed by atoms with E-state index in [1.165, 1.54) is 22.0 Å². The Kier molecular flexibility index (Phi) is 8.36. The van der Waals surface area contributed by atoms with Crippen molar-refractivity contribution in [3.63, 3.8) is 0 Å². The summed E-state index contributed by atoms with van der Waals surface area (Å²) in [5.74, 6) is 0. The summed E-state index contributed by atoms with van der Waals surface area (Å²) in [6, 6.07) is 21.1. The third-order valence-corrected chi connectivity index (χ3v) is 6.35. The van der Waals surface area contributed by atoms with E-state index in [-0.39, 0.29) is 24.8 Å². The Morgan fingerprint density at radius 2 is 1.36 bits per heavy atom. The summed E-state index contributed by atoms with van der Waals surface area (Å²) in [6.07, 6.45) is 4.38. The number of nitrogens with zero attached hydrogens (tertiary/aromatic N) is 2. The second kappa shape index (κ2) is 10.4. The van der Waals surface area contributed by atoms with E-state index in [0.717, 1.165) is 45.5 Å². The molecule has 0 radical (unpaired) electrons. The maximum Gasteiger partial charge on any atom is 0.215 e. The molecule has 0 aliphatic carbocycles. The molecule has 0 unspecified atom stereocenters. The Labute approximate surface area is 208 Å². The predicted molar refractivity (Wildman–Crippen MR) is 136 cm³/mol. The van der Waals surface area contributed by atoms with Crippen LogP contribution in [0.3, 0.4) is 0 Å². The van der Waals surface area contributed by atoms with Gasteiger partial charge in [-0.2, -0.15) is 4.57 Å². The highest BCUT2D eigenvalue weighted by Crippen LogP contribution is 2.29. The molecule has 1 aromatic heterocycles. The molecule has 0 saturated heterocycles. The van der Waals surface area contributed by atoms with Crippen molar-refractivity contribution in [2.75, 3.05) is 32.1 Å². The fourth-order valence-electron chi connectivity index (χ4n) is 4.15. The molecule has 33 heavy (non-hydrogen) atoms. The highest BCUT2D eigenvalue weighted by molar-refractivity contribution is 6.08. The van der Waals surface area contributed by atoms with Crippen molar-refractivity contribution >= 4 is 50.9 Å². The number of aryl methyl sites for hydroxylation is 1. The zero-order chi connectivity index (χ0) is 22.2. The van der Waals surface area contributed by atoms with Gasteiger partial charge in [0, 0.05) is 28.9 Å². The number of aromatic nitrogens is 1. The minimum absolute atomic E-state index is 0. The number of nitrogens with two attached hydrogens (primary N) is 2. The molecule has 0 fully saturated rings. The molecule has 4 N–H and O–H groups in total. The molecule has 4 rings (SSSR count). The number of hydrogen-bond donors (Lipinski definition) is 2. The zero-order valence-electron chi connectivity index (χ0n) is 19.6. The lowest BCUT2D eigenvalue weighted by Crippen LogP contribution is -3.00. The number of anilines is 2. The van der Waals surface area contributed by atoms with Gasteiger partial charge in [-0.3, -0.25) is 4.48 Å². The summed E-state index contributed by atoms with van der Waals surface area (Å²) in [5.41, 5.74) is 18.6. The molecule has 6 heteroatoms. The molecule has 0 aliphatic heterocycles. The number of halogens is 2. The van der Waals surface area contributed by atoms with Crippen LogP contribution < -0.4 is 45.3 Å². The number of hydrogen-bond acceptors (Lipinski definition) is 2. The zero-order valence-corrected chi connectivity index (χ0v) is 21.2. The maximum atomic E-state index is 6.18. The van der Waals surface area contributed by atoms with Crippen LogP contribution in [0.4, 0.5) is 17.1 Å². The van der Waals surface area contributed by atoms with Crippen LogP contribution in [0.15, 0.2) is 60.7 Å². The smallest absolute Gasteiger partial charge is 0.215 e. The van der Waals surface area contributed by atoms with E-state index in [9.17, 15) is 0 Å². The first-order valence-corrected chi connectivity index (χ1v) is 10.9. The fourth-order valence-corrected chi connectivity index (χ4v) is 4.15. The summed E-state index contributed by atoms with van der Waals surface area (Å²) < 4.78 is 3.19. The van der Waals surface area contributed by atoms with E-state index in [4.69, 9.17) is 11.5 Å². The van der Waals surface area contributed by atoms with Gasteiger partial charge < -0.3 is 36.3 Å². The van der Waals surface area contributed by atoms with Crippen molar-refractivity contribution in [3.05, 3.63) is 71.9 Å². The van der Waals surface area contributed by atoms with Gasteiger partial charge in [-0.05, 0) is 74.0 Å². The Hall–Kier alpha value is -2.79. The lowest BCUT2D eigenvalue weighted by Gasteiger charge is -2.27. The van der Waals surface area contributed by atoms with Crippen LogP contribution in [-0.4, -0.2) is 20.6 Å². The molecule has 0 saturated carbocycles. The van der Waals surface area contributed by atoms with Crippen molar-refractivity contribution in [2.24, 2.45) is 0 Å². The van der Waals surface area contributed by atoms with Gasteiger partial charge in [0.2, 0.25) is 11.2 Å². The normalized spacial score (nSPS) is 11.5. The fraction of sp³-hybridized carbons (Fsp3) is 0.222. The third-order valence-electron chi connectivity index (χ3n) is 6.35. The average Bonchev–Trinajstić information content (AvgIpc) is 2.77. The minimum atomic E-state index is 0. The number of quaternary nitrogens is 1. The third kappa shape index (κ3) is 5.09. The molecule has 0 atom stereocenters. The number of nitrogen functional groups attached to an aromatic ring is 2. The molecule has 3 aromatic carbocycles. The molecule has 0 spiro atoms. The van der Waals surface area contributed by atoms with Crippen molar-refractivity contribution < 1.29 is 29.4 Å². The van der Waals surface area contributed by atoms with Gasteiger partial charge in [-0.25, -0.2) is 0 Å². The van der Waals surface area contributed by atoms with Gasteiger partial charge in [-0.1, -0.05) is 6.07 Å². The van der Waals surface area contributed by atoms with E-state index < -0.39 is 0 Å². The standard InChI is InChI=1S/C27H31N4.2ClH/c1-5-30-26(16-9-19-7-12-22(13-8-19)31(3,4)6-2)25-17-20(28)10-14-23(25)24-15-11-21(29)18-27(24)30;;/h7-18,29H,5-6,28H2,1-4H3;2*1H/q+1;;/p-1/b16-9+;;. The predicted octanol–water partition coefficient (Wildman–Crippen LogP) is -0.770. The highest BCUT2D eigenvalue weighted by atomic mass is 35.5. The Morgan fingerprint density at radius 3 is 1.97 bits per heavy atom. The molecule has 174 valence electrons. The van der Waals surface area contributed by atoms with Crippen molar-refractivity contribution in [1.82, 2.24) is 4.48 Å². The van der Waals surface area contributed by atoms with Crippen LogP contribution in [0.1, 0.15) is 25.1 Å². The van der Waals surface area contributed by atoms with Gasteiger partial charge >= 0.3 is 0 Å². The van der Waals surface area contributed by atoms with Gasteiger partial charge in [0.15, 0.2) is 0 Å². The minimum Gasteiger partial charge on any atom is -1.00 e. The lowest BCUT2D eigenvalue weighted by molar-refractivity contribution is -0.668. The quantitative estimate of drug-likeness (QED) is 0.170. The Bertz CT molecular complexity index is 1300. The van der Waals surface area contributed by atoms with Crippen LogP contribution in [0.5, 0.6) is 0 Å². The van der Waals surface area contributed by atoms with Gasteiger partial charge in [0.05, 0.1) is 31.4 Å². The van der Waals surface area contributed by atoms with Gasteiger partial charge in [-0.15, -0.1) is 0 Å². The molecule has 4 aromatic rings. The monoisotopic (exact) mass is 482 g/mol. The van der Waals surface area contributed by atoms with Crippen LogP contribution in [0.25, 0.3) is 33.8 Å². The maximum absolute atomic E-state index is 6.18. The number of benzene rings is 3. The second-order valence-electron chi connectivity index (χ2n) is 8.64. The molecule has 0 bridgehead atoms. The SMILES string of the molecule is CC[n+]1c(/C=C/c2ccc([N+](C)(C)CC)cc2)c2cc(N)ccc2c2ccc(N)cc21.[Cl-].[Cl-]. The largest absolute Gasteiger partial charge is 1.00 e. The van der Waals surface area contributed by atoms with E-state index >= 15 is 0 Å². The van der Waals surface area contributed by atoms with Crippen LogP contribution in [0.2, 0.25) is 0 Å². The highest BCUT2D eigenvalue weighted by Gasteiger charge is 2.19. The summed E-state index contributed by atoms with van der Waals surface area (Å²) >= 11 is 0. The topological polar surface area (TPSA) is 55.9 Å². The van der Waals surface area contributed by atoms with Gasteiger partial charge in [0.1, 0.15) is 12.2 Å². The summed E-state index contributed by atoms with van der Waals surface area (Å²) in [5, 5.41) is 3.52. The average molecular weight is 483 g/mol. The Balaban J connectivity index is 0.00000193. The van der Waals surface area contributed by atoms with Crippen molar-refractivity contribution in [2.45, 2.75) is 20.4 Å². The van der Waals surface area contributed by atoms with E-state index in [1.54, 1.807) is 0 Å². The van der Waals surface area contributed by atoms with Crippen LogP contribution in [-0.2, 0) is 6.54 Å². The molecule has 1 heterocycles. The molecular weight excluding hydrogens is 451 g/mol. The van der Waals surface area contributed by atoms with E-state index in [1.807, 2.05) is 12.1 Å². The van der Waals surface area contributed by atoms with Crippen LogP contribution >= 0.6 is 0 Å². The van der Waals surface area contributed by atoms with Gasteiger partial charge in [0.25, 0.3) is 0 Å². The van der Waals surface area contributed by atoms with Crippen molar-refractivity contribution in [1.29, 1.82) is 0 Å². The number of rotatable bonds is 5. The lowest BCUT2D eigenvalue weighted by atomic mass is 10.0. The first-order chi connectivity index (χ1) is 14.8. The molecule has 4 nitrogen and oxygen atoms in total. The first kappa shape index (κ1) is 26.5. The summed E-state index contributed by atoms with van der Waals surface area (Å²) in [6.45, 7) is 6.27. The van der Waals surface area contributed by atoms with E-state index in [2.05, 4.69) is 93.2 Å². The second-order valence-corrected chi connectivity index (χ2v) is 8.64. The summed E-state index contributed by atoms with van der Waals surface area (Å²) in [4.78, 5) is 0. The van der Waals surface area contributed by atoms with Crippen LogP contribution in [0, 0.1) is 0 Å². The first-order valence-electron chi connectivity index (χ1n) is 10.9. The Morgan fingerprint density at radius 1 is 0.758 bits per heavy atom. The molecule has 0 aliphatic rings.